The first-order valence-electron chi connectivity index (χ1n) is 9.21. The molecule has 1 aromatic rings. The average molecular weight is 388 g/mol. The van der Waals surface area contributed by atoms with Crippen molar-refractivity contribution in [2.24, 2.45) is 5.41 Å². The number of esters is 1. The highest BCUT2D eigenvalue weighted by atomic mass is 16.6. The Morgan fingerprint density at radius 2 is 1.71 bits per heavy atom. The van der Waals surface area contributed by atoms with Gasteiger partial charge in [0.05, 0.1) is 14.2 Å². The standard InChI is InChI=1S/C22H28O6/c1-14(23)9-7-8-10-22(20(25)28-21(2,3)4)13-15-11-17(26-5)18(27-6)12-16(15)19(22)24/h7-8,11-12H,9-10,13H2,1-6H3/b8-7+/t22-/m1/s1. The molecule has 0 bridgehead atoms. The lowest BCUT2D eigenvalue weighted by atomic mass is 9.80. The summed E-state index contributed by atoms with van der Waals surface area (Å²) in [5, 5.41) is 0. The fourth-order valence-corrected chi connectivity index (χ4v) is 3.26. The summed E-state index contributed by atoms with van der Waals surface area (Å²) >= 11 is 0. The van der Waals surface area contributed by atoms with Gasteiger partial charge < -0.3 is 14.2 Å². The second-order valence-electron chi connectivity index (χ2n) is 8.04. The highest BCUT2D eigenvalue weighted by molar-refractivity contribution is 6.16. The molecule has 0 saturated carbocycles. The summed E-state index contributed by atoms with van der Waals surface area (Å²) in [4.78, 5) is 37.6. The minimum Gasteiger partial charge on any atom is -0.493 e. The molecule has 0 aromatic heterocycles. The van der Waals surface area contributed by atoms with Crippen LogP contribution in [-0.2, 0) is 20.7 Å². The number of fused-ring (bicyclic) bond motifs is 1. The van der Waals surface area contributed by atoms with Crippen molar-refractivity contribution >= 4 is 17.5 Å². The summed E-state index contributed by atoms with van der Waals surface area (Å²) in [7, 11) is 3.02. The van der Waals surface area contributed by atoms with E-state index in [9.17, 15) is 14.4 Å². The van der Waals surface area contributed by atoms with E-state index in [1.54, 1.807) is 45.1 Å². The molecule has 0 unspecified atom stereocenters. The maximum Gasteiger partial charge on any atom is 0.321 e. The zero-order valence-electron chi connectivity index (χ0n) is 17.4. The van der Waals surface area contributed by atoms with E-state index in [2.05, 4.69) is 0 Å². The van der Waals surface area contributed by atoms with Crippen LogP contribution in [0.3, 0.4) is 0 Å². The highest BCUT2D eigenvalue weighted by Crippen LogP contribution is 2.45. The number of methoxy groups -OCH3 is 2. The van der Waals surface area contributed by atoms with Crippen molar-refractivity contribution in [1.82, 2.24) is 0 Å². The lowest BCUT2D eigenvalue weighted by molar-refractivity contribution is -0.164. The van der Waals surface area contributed by atoms with Crippen LogP contribution >= 0.6 is 0 Å². The van der Waals surface area contributed by atoms with Gasteiger partial charge in [-0.25, -0.2) is 0 Å². The van der Waals surface area contributed by atoms with Gasteiger partial charge in [0.2, 0.25) is 0 Å². The van der Waals surface area contributed by atoms with Crippen LogP contribution in [-0.4, -0.2) is 37.4 Å². The Kier molecular flexibility index (Phi) is 6.32. The first-order valence-corrected chi connectivity index (χ1v) is 9.21. The van der Waals surface area contributed by atoms with Crippen molar-refractivity contribution < 1.29 is 28.6 Å². The third-order valence-electron chi connectivity index (χ3n) is 4.61. The number of ketones is 2. The van der Waals surface area contributed by atoms with Crippen LogP contribution in [0.1, 0.15) is 56.5 Å². The first kappa shape index (κ1) is 21.7. The number of hydrogen-bond donors (Lipinski definition) is 0. The van der Waals surface area contributed by atoms with E-state index in [1.165, 1.54) is 21.1 Å². The van der Waals surface area contributed by atoms with Gasteiger partial charge in [0.25, 0.3) is 0 Å². The molecule has 0 aliphatic heterocycles. The van der Waals surface area contributed by atoms with Gasteiger partial charge in [-0.15, -0.1) is 0 Å². The van der Waals surface area contributed by atoms with Gasteiger partial charge in [-0.1, -0.05) is 12.2 Å². The van der Waals surface area contributed by atoms with Gasteiger partial charge in [0.15, 0.2) is 17.3 Å². The van der Waals surface area contributed by atoms with Crippen LogP contribution in [0.5, 0.6) is 11.5 Å². The second kappa shape index (κ2) is 8.17. The minimum absolute atomic E-state index is 0.0121. The number of hydrogen-bond acceptors (Lipinski definition) is 6. The molecule has 28 heavy (non-hydrogen) atoms. The summed E-state index contributed by atoms with van der Waals surface area (Å²) in [5.41, 5.74) is -0.935. The predicted octanol–water partition coefficient (Wildman–Crippen LogP) is 3.70. The van der Waals surface area contributed by atoms with Crippen molar-refractivity contribution in [2.45, 2.75) is 52.6 Å². The molecule has 0 N–H and O–H groups in total. The van der Waals surface area contributed by atoms with Crippen molar-refractivity contribution in [2.75, 3.05) is 14.2 Å². The van der Waals surface area contributed by atoms with Crippen LogP contribution in [0.4, 0.5) is 0 Å². The van der Waals surface area contributed by atoms with Gasteiger partial charge in [-0.2, -0.15) is 0 Å². The minimum atomic E-state index is -1.36. The van der Waals surface area contributed by atoms with Crippen LogP contribution in [0, 0.1) is 5.41 Å². The van der Waals surface area contributed by atoms with E-state index in [0.717, 1.165) is 0 Å². The molecule has 2 rings (SSSR count). The molecule has 0 radical (unpaired) electrons. The van der Waals surface area contributed by atoms with E-state index < -0.39 is 17.0 Å². The maximum atomic E-state index is 13.3. The Hall–Kier alpha value is -2.63. The first-order chi connectivity index (χ1) is 13.0. The van der Waals surface area contributed by atoms with Crippen molar-refractivity contribution in [1.29, 1.82) is 0 Å². The van der Waals surface area contributed by atoms with Gasteiger partial charge in [-0.3, -0.25) is 14.4 Å². The topological polar surface area (TPSA) is 78.9 Å². The van der Waals surface area contributed by atoms with E-state index in [0.29, 0.717) is 22.6 Å². The number of carbonyl (C=O) groups excluding carboxylic acids is 3. The molecule has 6 heteroatoms. The second-order valence-corrected chi connectivity index (χ2v) is 8.04. The van der Waals surface area contributed by atoms with Crippen LogP contribution in [0.15, 0.2) is 24.3 Å². The molecule has 1 aliphatic rings. The molecule has 0 amide bonds. The number of rotatable bonds is 7. The average Bonchev–Trinajstić information content (AvgIpc) is 2.88. The zero-order valence-corrected chi connectivity index (χ0v) is 17.4. The summed E-state index contributed by atoms with van der Waals surface area (Å²) in [5.74, 6) is 0.0812. The summed E-state index contributed by atoms with van der Waals surface area (Å²) < 4.78 is 16.2. The lowest BCUT2D eigenvalue weighted by Crippen LogP contribution is -2.42. The van der Waals surface area contributed by atoms with Crippen molar-refractivity contribution in [3.8, 4) is 11.5 Å². The number of ether oxygens (including phenoxy) is 3. The number of allylic oxidation sites excluding steroid dienone is 2. The lowest BCUT2D eigenvalue weighted by Gasteiger charge is -2.29. The Balaban J connectivity index is 2.46. The molecular weight excluding hydrogens is 360 g/mol. The molecule has 1 aromatic carbocycles. The van der Waals surface area contributed by atoms with Crippen molar-refractivity contribution in [3.63, 3.8) is 0 Å². The number of Topliss-reactive ketones (excluding diaryl/α,β-unsaturated/α-hetero) is 2. The van der Waals surface area contributed by atoms with E-state index >= 15 is 0 Å². The normalized spacial score (nSPS) is 18.9. The Labute approximate surface area is 165 Å². The van der Waals surface area contributed by atoms with Crippen LogP contribution in [0.25, 0.3) is 0 Å². The summed E-state index contributed by atoms with van der Waals surface area (Å²) in [6, 6.07) is 3.35. The van der Waals surface area contributed by atoms with Crippen LogP contribution in [0.2, 0.25) is 0 Å². The third kappa shape index (κ3) is 4.43. The predicted molar refractivity (Wildman–Crippen MR) is 105 cm³/mol. The third-order valence-corrected chi connectivity index (χ3v) is 4.61. The molecule has 0 heterocycles. The Bertz CT molecular complexity index is 815. The molecule has 0 fully saturated rings. The molecular formula is C22H28O6. The SMILES string of the molecule is COc1cc2c(cc1OC)C(=O)[C@](C/C=C/CC(C)=O)(C(=O)OC(C)(C)C)C2. The Morgan fingerprint density at radius 3 is 2.25 bits per heavy atom. The number of benzene rings is 1. The molecule has 0 saturated heterocycles. The summed E-state index contributed by atoms with van der Waals surface area (Å²) in [6.45, 7) is 6.79. The van der Waals surface area contributed by atoms with E-state index in [4.69, 9.17) is 14.2 Å². The molecule has 6 nitrogen and oxygen atoms in total. The van der Waals surface area contributed by atoms with Gasteiger partial charge in [0, 0.05) is 12.0 Å². The Morgan fingerprint density at radius 1 is 1.11 bits per heavy atom. The summed E-state index contributed by atoms with van der Waals surface area (Å²) in [6.07, 6.45) is 4.02. The van der Waals surface area contributed by atoms with Gasteiger partial charge in [0.1, 0.15) is 16.8 Å². The zero-order chi connectivity index (χ0) is 21.1. The highest BCUT2D eigenvalue weighted by Gasteiger charge is 2.53. The smallest absolute Gasteiger partial charge is 0.321 e. The molecule has 152 valence electrons. The molecule has 1 aliphatic carbocycles. The molecule has 1 atom stereocenters. The fourth-order valence-electron chi connectivity index (χ4n) is 3.26. The monoisotopic (exact) mass is 388 g/mol. The van der Waals surface area contributed by atoms with E-state index in [-0.39, 0.29) is 30.8 Å². The van der Waals surface area contributed by atoms with Crippen molar-refractivity contribution in [3.05, 3.63) is 35.4 Å². The van der Waals surface area contributed by atoms with Crippen LogP contribution < -0.4 is 9.47 Å². The van der Waals surface area contributed by atoms with Gasteiger partial charge in [-0.05, 0) is 58.2 Å². The quantitative estimate of drug-likeness (QED) is 0.403. The number of carbonyl (C=O) groups is 3. The maximum absolute atomic E-state index is 13.3. The van der Waals surface area contributed by atoms with Gasteiger partial charge >= 0.3 is 5.97 Å². The van der Waals surface area contributed by atoms with E-state index in [1.807, 2.05) is 0 Å². The molecule has 0 spiro atoms. The fraction of sp³-hybridized carbons (Fsp3) is 0.500. The largest absolute Gasteiger partial charge is 0.493 e.